The Hall–Kier alpha value is -1.78. The molecule has 0 aliphatic rings. The number of fused-ring (bicyclic) bond motifs is 1. The molecule has 0 aromatic carbocycles. The summed E-state index contributed by atoms with van der Waals surface area (Å²) in [5.41, 5.74) is 0.404. The first-order chi connectivity index (χ1) is 5.79. The van der Waals surface area contributed by atoms with Crippen molar-refractivity contribution in [1.29, 1.82) is 0 Å². The molecule has 12 heavy (non-hydrogen) atoms. The second kappa shape index (κ2) is 2.37. The molecule has 0 aliphatic heterocycles. The van der Waals surface area contributed by atoms with E-state index in [1.165, 1.54) is 17.2 Å². The molecule has 0 radical (unpaired) electrons. The molecule has 0 saturated heterocycles. The van der Waals surface area contributed by atoms with Crippen LogP contribution < -0.4 is 5.56 Å². The molecule has 0 spiro atoms. The average molecular weight is 162 g/mol. The summed E-state index contributed by atoms with van der Waals surface area (Å²) in [7, 11) is 1.59. The Balaban J connectivity index is 3.01. The van der Waals surface area contributed by atoms with Gasteiger partial charge in [0.2, 0.25) is 0 Å². The third kappa shape index (κ3) is 0.868. The maximum Gasteiger partial charge on any atom is 0.277 e. The van der Waals surface area contributed by atoms with Gasteiger partial charge in [0, 0.05) is 13.2 Å². The highest BCUT2D eigenvalue weighted by atomic mass is 16.1. The fourth-order valence-electron chi connectivity index (χ4n) is 0.975. The van der Waals surface area contributed by atoms with Crippen LogP contribution in [0.2, 0.25) is 0 Å². The van der Waals surface area contributed by atoms with Crippen molar-refractivity contribution in [2.45, 2.75) is 0 Å². The highest BCUT2D eigenvalue weighted by Crippen LogP contribution is 1.99. The van der Waals surface area contributed by atoms with Crippen molar-refractivity contribution >= 4 is 10.9 Å². The fraction of sp³-hybridized carbons (Fsp3) is 0.143. The highest BCUT2D eigenvalue weighted by Gasteiger charge is 2.00. The number of aromatic nitrogens is 4. The molecule has 2 heterocycles. The van der Waals surface area contributed by atoms with Crippen LogP contribution in [0.15, 0.2) is 23.5 Å². The number of aryl methyl sites for hydroxylation is 1. The average Bonchev–Trinajstić information content (AvgIpc) is 2.12. The Morgan fingerprint density at radius 2 is 2.25 bits per heavy atom. The van der Waals surface area contributed by atoms with Crippen molar-refractivity contribution in [2.75, 3.05) is 0 Å². The lowest BCUT2D eigenvalue weighted by Crippen LogP contribution is -2.19. The minimum Gasteiger partial charge on any atom is -0.267 e. The Bertz CT molecular complexity index is 476. The van der Waals surface area contributed by atoms with Gasteiger partial charge in [0.15, 0.2) is 0 Å². The van der Waals surface area contributed by atoms with E-state index in [9.17, 15) is 4.79 Å². The summed E-state index contributed by atoms with van der Waals surface area (Å²) in [5, 5.41) is 4.32. The van der Waals surface area contributed by atoms with Gasteiger partial charge in [-0.15, -0.1) is 0 Å². The van der Waals surface area contributed by atoms with Crippen LogP contribution in [-0.2, 0) is 7.05 Å². The predicted molar refractivity (Wildman–Crippen MR) is 42.6 cm³/mol. The van der Waals surface area contributed by atoms with Crippen molar-refractivity contribution in [3.05, 3.63) is 29.1 Å². The van der Waals surface area contributed by atoms with E-state index >= 15 is 0 Å². The molecule has 0 atom stereocenters. The molecule has 60 valence electrons. The lowest BCUT2D eigenvalue weighted by molar-refractivity contribution is 0.716. The van der Waals surface area contributed by atoms with Crippen molar-refractivity contribution in [1.82, 2.24) is 19.7 Å². The van der Waals surface area contributed by atoms with Gasteiger partial charge >= 0.3 is 0 Å². The van der Waals surface area contributed by atoms with Gasteiger partial charge in [-0.1, -0.05) is 0 Å². The molecule has 0 unspecified atom stereocenters. The van der Waals surface area contributed by atoms with Crippen LogP contribution in [0.4, 0.5) is 0 Å². The lowest BCUT2D eigenvalue weighted by atomic mass is 10.3. The number of hydrogen-bond donors (Lipinski definition) is 0. The lowest BCUT2D eigenvalue weighted by Gasteiger charge is -1.96. The van der Waals surface area contributed by atoms with Crippen molar-refractivity contribution < 1.29 is 0 Å². The molecule has 0 bridgehead atoms. The number of rotatable bonds is 0. The normalized spacial score (nSPS) is 10.4. The van der Waals surface area contributed by atoms with Gasteiger partial charge < -0.3 is 0 Å². The van der Waals surface area contributed by atoms with Crippen LogP contribution in [0.25, 0.3) is 10.9 Å². The van der Waals surface area contributed by atoms with E-state index in [1.807, 2.05) is 0 Å². The van der Waals surface area contributed by atoms with Gasteiger partial charge in [-0.3, -0.25) is 4.79 Å². The quantitative estimate of drug-likeness (QED) is 0.534. The molecule has 5 heteroatoms. The number of hydrogen-bond acceptors (Lipinski definition) is 4. The van der Waals surface area contributed by atoms with Crippen LogP contribution in [0.5, 0.6) is 0 Å². The zero-order valence-electron chi connectivity index (χ0n) is 6.43. The summed E-state index contributed by atoms with van der Waals surface area (Å²) in [4.78, 5) is 19.0. The first kappa shape index (κ1) is 6.90. The predicted octanol–water partition coefficient (Wildman–Crippen LogP) is -0.276. The van der Waals surface area contributed by atoms with Crippen LogP contribution in [0, 0.1) is 0 Å². The molecule has 2 aromatic heterocycles. The smallest absolute Gasteiger partial charge is 0.267 e. The van der Waals surface area contributed by atoms with Crippen molar-refractivity contribution in [3.8, 4) is 0 Å². The van der Waals surface area contributed by atoms with Crippen molar-refractivity contribution in [2.24, 2.45) is 7.05 Å². The Morgan fingerprint density at radius 3 is 3.08 bits per heavy atom. The van der Waals surface area contributed by atoms with E-state index in [0.29, 0.717) is 10.9 Å². The Labute approximate surface area is 67.7 Å². The topological polar surface area (TPSA) is 60.7 Å². The first-order valence-corrected chi connectivity index (χ1v) is 3.41. The summed E-state index contributed by atoms with van der Waals surface area (Å²) in [6, 6.07) is 0. The minimum atomic E-state index is -0.173. The third-order valence-corrected chi connectivity index (χ3v) is 1.62. The van der Waals surface area contributed by atoms with Gasteiger partial charge in [0.25, 0.3) is 5.56 Å². The summed E-state index contributed by atoms with van der Waals surface area (Å²) < 4.78 is 1.26. The van der Waals surface area contributed by atoms with Gasteiger partial charge in [-0.05, 0) is 0 Å². The molecular formula is C7H6N4O. The zero-order chi connectivity index (χ0) is 8.55. The summed E-state index contributed by atoms with van der Waals surface area (Å²) >= 11 is 0. The van der Waals surface area contributed by atoms with E-state index in [1.54, 1.807) is 13.2 Å². The van der Waals surface area contributed by atoms with E-state index < -0.39 is 0 Å². The van der Waals surface area contributed by atoms with E-state index in [4.69, 9.17) is 0 Å². The molecule has 0 aliphatic carbocycles. The second-order valence-corrected chi connectivity index (χ2v) is 2.39. The van der Waals surface area contributed by atoms with Crippen LogP contribution in [0.3, 0.4) is 0 Å². The standard InChI is InChI=1S/C7H6N4O/c1-11-7(12)5-2-8-4-9-6(5)3-10-11/h2-4H,1H3. The summed E-state index contributed by atoms with van der Waals surface area (Å²) in [6.45, 7) is 0. The first-order valence-electron chi connectivity index (χ1n) is 3.41. The molecule has 0 saturated carbocycles. The largest absolute Gasteiger partial charge is 0.277 e. The Kier molecular flexibility index (Phi) is 1.36. The maximum absolute atomic E-state index is 11.3. The minimum absolute atomic E-state index is 0.173. The van der Waals surface area contributed by atoms with Crippen LogP contribution in [0.1, 0.15) is 0 Å². The molecule has 0 fully saturated rings. The van der Waals surface area contributed by atoms with Gasteiger partial charge in [-0.2, -0.15) is 5.10 Å². The SMILES string of the molecule is Cn1ncc2ncncc2c1=O. The van der Waals surface area contributed by atoms with E-state index in [0.717, 1.165) is 0 Å². The molecule has 2 rings (SSSR count). The molecule has 0 amide bonds. The van der Waals surface area contributed by atoms with Crippen LogP contribution in [-0.4, -0.2) is 19.7 Å². The molecular weight excluding hydrogens is 156 g/mol. The maximum atomic E-state index is 11.3. The summed E-state index contributed by atoms with van der Waals surface area (Å²) in [5.74, 6) is 0. The second-order valence-electron chi connectivity index (χ2n) is 2.39. The van der Waals surface area contributed by atoms with E-state index in [2.05, 4.69) is 15.1 Å². The third-order valence-electron chi connectivity index (χ3n) is 1.62. The molecule has 0 N–H and O–H groups in total. The fourth-order valence-corrected chi connectivity index (χ4v) is 0.975. The Morgan fingerprint density at radius 1 is 1.42 bits per heavy atom. The monoisotopic (exact) mass is 162 g/mol. The van der Waals surface area contributed by atoms with Gasteiger partial charge in [-0.25, -0.2) is 14.6 Å². The van der Waals surface area contributed by atoms with Gasteiger partial charge in [0.1, 0.15) is 6.33 Å². The highest BCUT2D eigenvalue weighted by molar-refractivity contribution is 5.74. The zero-order valence-corrected chi connectivity index (χ0v) is 6.43. The molecule has 2 aromatic rings. The molecule has 5 nitrogen and oxygen atoms in total. The summed E-state index contributed by atoms with van der Waals surface area (Å²) in [6.07, 6.45) is 4.42. The van der Waals surface area contributed by atoms with E-state index in [-0.39, 0.29) is 5.56 Å². The van der Waals surface area contributed by atoms with Crippen molar-refractivity contribution in [3.63, 3.8) is 0 Å². The van der Waals surface area contributed by atoms with Gasteiger partial charge in [0.05, 0.1) is 17.1 Å². The van der Waals surface area contributed by atoms with Crippen LogP contribution >= 0.6 is 0 Å². The number of nitrogens with zero attached hydrogens (tertiary/aromatic N) is 4.